The lowest BCUT2D eigenvalue weighted by molar-refractivity contribution is -0.298. The monoisotopic (exact) mass is 1000 g/mol. The number of carbonyl (C=O) groups is 1. The van der Waals surface area contributed by atoms with Gasteiger partial charge in [-0.2, -0.15) is 8.42 Å². The van der Waals surface area contributed by atoms with Crippen molar-refractivity contribution < 1.29 is 51.8 Å². The predicted molar refractivity (Wildman–Crippen MR) is 282 cm³/mol. The molecule has 0 bridgehead atoms. The third kappa shape index (κ3) is 39.0. The molecule has 0 aromatic heterocycles. The van der Waals surface area contributed by atoms with E-state index in [1.165, 1.54) is 218 Å². The van der Waals surface area contributed by atoms with E-state index in [9.17, 15) is 38.2 Å². The van der Waals surface area contributed by atoms with Crippen molar-refractivity contribution in [1.29, 1.82) is 0 Å². The van der Waals surface area contributed by atoms with Crippen LogP contribution in [0, 0.1) is 0 Å². The van der Waals surface area contributed by atoms with Crippen LogP contribution in [0.5, 0.6) is 0 Å². The van der Waals surface area contributed by atoms with Crippen LogP contribution < -0.4 is 5.32 Å². The van der Waals surface area contributed by atoms with Gasteiger partial charge < -0.3 is 35.2 Å². The van der Waals surface area contributed by atoms with Crippen molar-refractivity contribution in [3.8, 4) is 0 Å². The normalized spacial score (nSPS) is 19.7. The van der Waals surface area contributed by atoms with Gasteiger partial charge in [-0.3, -0.25) is 9.35 Å². The summed E-state index contributed by atoms with van der Waals surface area (Å²) in [6.45, 7) is 3.44. The van der Waals surface area contributed by atoms with Gasteiger partial charge in [0.15, 0.2) is 6.29 Å². The lowest BCUT2D eigenvalue weighted by Crippen LogP contribution is -2.61. The van der Waals surface area contributed by atoms with E-state index in [0.717, 1.165) is 38.5 Å². The van der Waals surface area contributed by atoms with Crippen LogP contribution in [-0.2, 0) is 28.9 Å². The zero-order valence-corrected chi connectivity index (χ0v) is 45.2. The summed E-state index contributed by atoms with van der Waals surface area (Å²) in [6.07, 6.45) is 46.9. The molecule has 0 spiro atoms. The van der Waals surface area contributed by atoms with Crippen LogP contribution in [0.1, 0.15) is 284 Å². The molecule has 1 fully saturated rings. The molecular formula is C56H109NO11S. The molecule has 1 amide bonds. The Balaban J connectivity index is 2.36. The van der Waals surface area contributed by atoms with Gasteiger partial charge in [-0.1, -0.05) is 270 Å². The van der Waals surface area contributed by atoms with Gasteiger partial charge in [0.2, 0.25) is 5.91 Å². The number of hydrogen-bond donors (Lipinski definition) is 6. The van der Waals surface area contributed by atoms with E-state index in [0.29, 0.717) is 6.42 Å². The van der Waals surface area contributed by atoms with Crippen LogP contribution in [0.25, 0.3) is 0 Å². The van der Waals surface area contributed by atoms with Crippen molar-refractivity contribution in [3.05, 3.63) is 12.2 Å². The summed E-state index contributed by atoms with van der Waals surface area (Å²) in [4.78, 5) is 13.1. The summed E-state index contributed by atoms with van der Waals surface area (Å²) >= 11 is 0. The Kier molecular flexibility index (Phi) is 44.5. The SMILES string of the molecule is CCCCCCCCCCCCCCCCCCCCCCCCC/C=C/C(O)C(COC1OC(CO)C(O)C(OS(=O)(=O)O)C1O)NC(=O)CCCCCCCCCCCCCCCCCCC. The third-order valence-corrected chi connectivity index (χ3v) is 14.5. The number of allylic oxidation sites excluding steroid dienone is 1. The average molecular weight is 1000 g/mol. The molecule has 7 atom stereocenters. The molecule has 1 saturated heterocycles. The highest BCUT2D eigenvalue weighted by atomic mass is 32.3. The van der Waals surface area contributed by atoms with Crippen molar-refractivity contribution in [2.24, 2.45) is 0 Å². The van der Waals surface area contributed by atoms with E-state index >= 15 is 0 Å². The minimum atomic E-state index is -5.09. The van der Waals surface area contributed by atoms with Gasteiger partial charge >= 0.3 is 10.4 Å². The minimum absolute atomic E-state index is 0.256. The fourth-order valence-corrected chi connectivity index (χ4v) is 10.1. The Bertz CT molecular complexity index is 1270. The van der Waals surface area contributed by atoms with E-state index in [1.807, 2.05) is 6.08 Å². The minimum Gasteiger partial charge on any atom is -0.394 e. The molecule has 0 aromatic rings. The molecule has 0 radical (unpaired) electrons. The number of amides is 1. The summed E-state index contributed by atoms with van der Waals surface area (Å²) in [7, 11) is -5.09. The van der Waals surface area contributed by atoms with Crippen molar-refractivity contribution in [2.45, 2.75) is 326 Å². The molecule has 0 aromatic carbocycles. The number of hydrogen-bond acceptors (Lipinski definition) is 10. The van der Waals surface area contributed by atoms with Gasteiger partial charge in [-0.15, -0.1) is 0 Å². The Morgan fingerprint density at radius 2 is 0.913 bits per heavy atom. The molecule has 410 valence electrons. The zero-order valence-electron chi connectivity index (χ0n) is 44.4. The smallest absolute Gasteiger partial charge is 0.394 e. The molecule has 0 aliphatic carbocycles. The second kappa shape index (κ2) is 46.6. The zero-order chi connectivity index (χ0) is 50.5. The highest BCUT2D eigenvalue weighted by molar-refractivity contribution is 7.80. The lowest BCUT2D eigenvalue weighted by Gasteiger charge is -2.41. The molecule has 1 aliphatic rings. The number of aliphatic hydroxyl groups excluding tert-OH is 4. The van der Waals surface area contributed by atoms with Crippen LogP contribution in [0.4, 0.5) is 0 Å². The van der Waals surface area contributed by atoms with E-state index in [2.05, 4.69) is 23.3 Å². The first-order chi connectivity index (χ1) is 33.5. The van der Waals surface area contributed by atoms with Crippen LogP contribution in [0.15, 0.2) is 12.2 Å². The topological polar surface area (TPSA) is 192 Å². The second-order valence-electron chi connectivity index (χ2n) is 20.6. The summed E-state index contributed by atoms with van der Waals surface area (Å²) in [6, 6.07) is -0.940. The van der Waals surface area contributed by atoms with E-state index in [1.54, 1.807) is 6.08 Å². The first-order valence-electron chi connectivity index (χ1n) is 29.1. The maximum Gasteiger partial charge on any atom is 0.397 e. The molecule has 13 heteroatoms. The largest absolute Gasteiger partial charge is 0.397 e. The van der Waals surface area contributed by atoms with E-state index in [4.69, 9.17) is 9.47 Å². The number of ether oxygens (including phenoxy) is 2. The molecule has 1 heterocycles. The molecule has 12 nitrogen and oxygen atoms in total. The van der Waals surface area contributed by atoms with Crippen LogP contribution in [0.3, 0.4) is 0 Å². The van der Waals surface area contributed by atoms with Crippen molar-refractivity contribution in [3.63, 3.8) is 0 Å². The summed E-state index contributed by atoms with van der Waals surface area (Å²) in [5, 5.41) is 45.0. The van der Waals surface area contributed by atoms with Gasteiger partial charge in [0.1, 0.15) is 24.4 Å². The van der Waals surface area contributed by atoms with Gasteiger partial charge in [-0.05, 0) is 19.3 Å². The van der Waals surface area contributed by atoms with Crippen molar-refractivity contribution >= 4 is 16.3 Å². The number of rotatable bonds is 51. The summed E-state index contributed by atoms with van der Waals surface area (Å²) in [5.41, 5.74) is 0. The van der Waals surface area contributed by atoms with Crippen LogP contribution >= 0.6 is 0 Å². The number of nitrogens with one attached hydrogen (secondary N) is 1. The van der Waals surface area contributed by atoms with Crippen LogP contribution in [0.2, 0.25) is 0 Å². The standard InChI is InChI=1S/C56H109NO11S/c1-3-5-7-9-11-13-15-17-19-21-22-23-24-25-26-27-28-30-31-33-35-37-39-41-43-45-50(59)49(48-66-56-54(62)55(68-69(63,64)65)53(61)51(47-58)67-56)57-52(60)46-44-42-40-38-36-34-32-29-20-18-16-14-12-10-8-6-4-2/h43,45,49-51,53-56,58-59,61-62H,3-42,44,46-48H2,1-2H3,(H,57,60)(H,63,64,65)/b45-43+. The second-order valence-corrected chi connectivity index (χ2v) is 21.6. The third-order valence-electron chi connectivity index (χ3n) is 14.1. The number of aliphatic hydroxyl groups is 4. The highest BCUT2D eigenvalue weighted by Gasteiger charge is 2.48. The first kappa shape index (κ1) is 65.9. The Hall–Kier alpha value is -1.16. The highest BCUT2D eigenvalue weighted by Crippen LogP contribution is 2.26. The summed E-state index contributed by atoms with van der Waals surface area (Å²) < 4.78 is 47.8. The number of carbonyl (C=O) groups excluding carboxylic acids is 1. The van der Waals surface area contributed by atoms with Gasteiger partial charge in [0, 0.05) is 6.42 Å². The Morgan fingerprint density at radius 1 is 0.565 bits per heavy atom. The maximum absolute atomic E-state index is 13.1. The molecular weight excluding hydrogens is 895 g/mol. The van der Waals surface area contributed by atoms with Crippen molar-refractivity contribution in [1.82, 2.24) is 5.32 Å². The summed E-state index contributed by atoms with van der Waals surface area (Å²) in [5.74, 6) is -0.256. The Morgan fingerprint density at radius 3 is 1.26 bits per heavy atom. The molecule has 6 N–H and O–H groups in total. The van der Waals surface area contributed by atoms with Gasteiger partial charge in [0.05, 0.1) is 25.4 Å². The van der Waals surface area contributed by atoms with Crippen LogP contribution in [-0.4, -0.2) is 95.4 Å². The predicted octanol–water partition coefficient (Wildman–Crippen LogP) is 13.5. The molecule has 1 aliphatic heterocycles. The van der Waals surface area contributed by atoms with Gasteiger partial charge in [0.25, 0.3) is 0 Å². The van der Waals surface area contributed by atoms with Gasteiger partial charge in [-0.25, -0.2) is 4.18 Å². The maximum atomic E-state index is 13.1. The fraction of sp³-hybridized carbons (Fsp3) is 0.946. The Labute approximate surface area is 423 Å². The quantitative estimate of drug-likeness (QED) is 0.0193. The fourth-order valence-electron chi connectivity index (χ4n) is 9.58. The molecule has 69 heavy (non-hydrogen) atoms. The first-order valence-corrected chi connectivity index (χ1v) is 30.4. The van der Waals surface area contributed by atoms with Crippen molar-refractivity contribution in [2.75, 3.05) is 13.2 Å². The molecule has 0 saturated carbocycles. The lowest BCUT2D eigenvalue weighted by atomic mass is 9.99. The number of unbranched alkanes of at least 4 members (excludes halogenated alkanes) is 39. The molecule has 1 rings (SSSR count). The molecule has 7 unspecified atom stereocenters. The van der Waals surface area contributed by atoms with E-state index < -0.39 is 59.9 Å². The van der Waals surface area contributed by atoms with E-state index in [-0.39, 0.29) is 18.9 Å². The average Bonchev–Trinajstić information content (AvgIpc) is 3.32.